The molecule has 17 heavy (non-hydrogen) atoms. The van der Waals surface area contributed by atoms with Crippen molar-refractivity contribution in [3.63, 3.8) is 0 Å². The molecule has 0 aromatic carbocycles. The van der Waals surface area contributed by atoms with E-state index in [2.05, 4.69) is 40.6 Å². The third kappa shape index (κ3) is 3.89. The summed E-state index contributed by atoms with van der Waals surface area (Å²) in [6.45, 7) is 5.08. The summed E-state index contributed by atoms with van der Waals surface area (Å²) >= 11 is 0. The predicted octanol–water partition coefficient (Wildman–Crippen LogP) is 2.02. The molecule has 0 radical (unpaired) electrons. The van der Waals surface area contributed by atoms with E-state index in [1.807, 2.05) is 12.4 Å². The maximum absolute atomic E-state index is 4.21. The zero-order valence-electron chi connectivity index (χ0n) is 10.7. The first-order valence-electron chi connectivity index (χ1n) is 6.42. The van der Waals surface area contributed by atoms with Gasteiger partial charge in [0.1, 0.15) is 0 Å². The summed E-state index contributed by atoms with van der Waals surface area (Å²) in [4.78, 5) is 6.64. The van der Waals surface area contributed by atoms with E-state index >= 15 is 0 Å². The molecule has 4 heteroatoms. The zero-order valence-corrected chi connectivity index (χ0v) is 10.7. The van der Waals surface area contributed by atoms with E-state index in [-0.39, 0.29) is 0 Å². The average molecular weight is 234 g/mol. The van der Waals surface area contributed by atoms with Crippen molar-refractivity contribution in [1.82, 2.24) is 9.88 Å². The first-order chi connectivity index (χ1) is 8.29. The number of rotatable bonds is 7. The summed E-state index contributed by atoms with van der Waals surface area (Å²) < 4.78 is 0. The van der Waals surface area contributed by atoms with Crippen LogP contribution in [0.2, 0.25) is 0 Å². The Labute approximate surface area is 103 Å². The Kier molecular flexibility index (Phi) is 4.20. The fourth-order valence-electron chi connectivity index (χ4n) is 1.91. The normalized spacial score (nSPS) is 15.0. The van der Waals surface area contributed by atoms with E-state index < -0.39 is 0 Å². The van der Waals surface area contributed by atoms with E-state index in [9.17, 15) is 0 Å². The molecular formula is C13H22N4. The van der Waals surface area contributed by atoms with Crippen molar-refractivity contribution in [1.29, 1.82) is 0 Å². The van der Waals surface area contributed by atoms with Crippen molar-refractivity contribution in [3.05, 3.63) is 18.5 Å². The van der Waals surface area contributed by atoms with Crippen LogP contribution < -0.4 is 10.6 Å². The van der Waals surface area contributed by atoms with Gasteiger partial charge in [-0.2, -0.15) is 0 Å². The highest BCUT2D eigenvalue weighted by atomic mass is 15.2. The highest BCUT2D eigenvalue weighted by Gasteiger charge is 2.25. The number of anilines is 2. The molecular weight excluding hydrogens is 212 g/mol. The van der Waals surface area contributed by atoms with Crippen molar-refractivity contribution in [2.45, 2.75) is 25.8 Å². The number of aromatic nitrogens is 1. The van der Waals surface area contributed by atoms with E-state index in [0.717, 1.165) is 37.1 Å². The maximum Gasteiger partial charge on any atom is 0.0547 e. The van der Waals surface area contributed by atoms with Gasteiger partial charge < -0.3 is 15.5 Å². The molecule has 0 unspecified atom stereocenters. The van der Waals surface area contributed by atoms with Gasteiger partial charge in [-0.25, -0.2) is 0 Å². The van der Waals surface area contributed by atoms with E-state index in [1.54, 1.807) is 0 Å². The first-order valence-corrected chi connectivity index (χ1v) is 6.42. The Hall–Kier alpha value is -1.29. The van der Waals surface area contributed by atoms with Crippen LogP contribution in [0, 0.1) is 0 Å². The second kappa shape index (κ2) is 5.87. The van der Waals surface area contributed by atoms with E-state index in [1.165, 1.54) is 12.8 Å². The second-order valence-electron chi connectivity index (χ2n) is 4.63. The fourth-order valence-corrected chi connectivity index (χ4v) is 1.91. The molecule has 0 bridgehead atoms. The largest absolute Gasteiger partial charge is 0.384 e. The van der Waals surface area contributed by atoms with Crippen LogP contribution in [-0.4, -0.2) is 42.6 Å². The molecule has 0 spiro atoms. The Morgan fingerprint density at radius 2 is 2.00 bits per heavy atom. The second-order valence-corrected chi connectivity index (χ2v) is 4.63. The molecule has 2 rings (SSSR count). The molecule has 1 fully saturated rings. The van der Waals surface area contributed by atoms with Crippen molar-refractivity contribution < 1.29 is 0 Å². The van der Waals surface area contributed by atoms with Crippen molar-refractivity contribution in [3.8, 4) is 0 Å². The molecule has 0 aliphatic heterocycles. The lowest BCUT2D eigenvalue weighted by atomic mass is 10.3. The van der Waals surface area contributed by atoms with Gasteiger partial charge in [0.15, 0.2) is 0 Å². The molecule has 1 aromatic heterocycles. The SMILES string of the molecule is CCNc1cncc(NCCN(C)C2CC2)c1. The molecule has 1 saturated carbocycles. The molecule has 1 aromatic rings. The van der Waals surface area contributed by atoms with Crippen LogP contribution in [0.3, 0.4) is 0 Å². The van der Waals surface area contributed by atoms with Gasteiger partial charge in [-0.3, -0.25) is 4.98 Å². The number of pyridine rings is 1. The van der Waals surface area contributed by atoms with Gasteiger partial charge in [0.25, 0.3) is 0 Å². The molecule has 0 saturated heterocycles. The summed E-state index contributed by atoms with van der Waals surface area (Å²) in [5.74, 6) is 0. The summed E-state index contributed by atoms with van der Waals surface area (Å²) in [5, 5.41) is 6.68. The molecule has 2 N–H and O–H groups in total. The van der Waals surface area contributed by atoms with Gasteiger partial charge in [-0.15, -0.1) is 0 Å². The number of nitrogens with one attached hydrogen (secondary N) is 2. The molecule has 1 aliphatic carbocycles. The Morgan fingerprint density at radius 3 is 2.65 bits per heavy atom. The van der Waals surface area contributed by atoms with E-state index in [0.29, 0.717) is 0 Å². The van der Waals surface area contributed by atoms with Crippen LogP contribution in [0.1, 0.15) is 19.8 Å². The topological polar surface area (TPSA) is 40.2 Å². The fraction of sp³-hybridized carbons (Fsp3) is 0.615. The molecule has 0 atom stereocenters. The van der Waals surface area contributed by atoms with Crippen LogP contribution in [0.4, 0.5) is 11.4 Å². The van der Waals surface area contributed by atoms with Gasteiger partial charge in [-0.05, 0) is 32.9 Å². The minimum Gasteiger partial charge on any atom is -0.384 e. The highest BCUT2D eigenvalue weighted by molar-refractivity contribution is 5.53. The van der Waals surface area contributed by atoms with Crippen LogP contribution in [0.15, 0.2) is 18.5 Å². The van der Waals surface area contributed by atoms with Gasteiger partial charge >= 0.3 is 0 Å². The van der Waals surface area contributed by atoms with Crippen LogP contribution in [-0.2, 0) is 0 Å². The summed E-state index contributed by atoms with van der Waals surface area (Å²) in [6, 6.07) is 2.94. The van der Waals surface area contributed by atoms with Gasteiger partial charge in [0.2, 0.25) is 0 Å². The van der Waals surface area contributed by atoms with E-state index in [4.69, 9.17) is 0 Å². The quantitative estimate of drug-likeness (QED) is 0.757. The standard InChI is InChI=1S/C13H22N4/c1-3-15-11-8-12(10-14-9-11)16-6-7-17(2)13-4-5-13/h8-10,13,15-16H,3-7H2,1-2H3. The first kappa shape index (κ1) is 12.2. The Morgan fingerprint density at radius 1 is 1.29 bits per heavy atom. The number of hydrogen-bond acceptors (Lipinski definition) is 4. The molecule has 1 heterocycles. The molecule has 94 valence electrons. The van der Waals surface area contributed by atoms with Gasteiger partial charge in [-0.1, -0.05) is 0 Å². The Balaban J connectivity index is 1.75. The van der Waals surface area contributed by atoms with Crippen LogP contribution in [0.5, 0.6) is 0 Å². The Bertz CT molecular complexity index is 349. The monoisotopic (exact) mass is 234 g/mol. The molecule has 4 nitrogen and oxygen atoms in total. The summed E-state index contributed by atoms with van der Waals surface area (Å²) in [7, 11) is 2.20. The van der Waals surface area contributed by atoms with Crippen LogP contribution in [0.25, 0.3) is 0 Å². The molecule has 0 amide bonds. The van der Waals surface area contributed by atoms with Gasteiger partial charge in [0, 0.05) is 25.7 Å². The third-order valence-corrected chi connectivity index (χ3v) is 3.08. The summed E-state index contributed by atoms with van der Waals surface area (Å²) in [5.41, 5.74) is 2.17. The lowest BCUT2D eigenvalue weighted by Gasteiger charge is -2.16. The number of nitrogens with zero attached hydrogens (tertiary/aromatic N) is 2. The minimum atomic E-state index is 0.836. The minimum absolute atomic E-state index is 0.836. The smallest absolute Gasteiger partial charge is 0.0547 e. The predicted molar refractivity (Wildman–Crippen MR) is 72.5 cm³/mol. The molecule has 1 aliphatic rings. The summed E-state index contributed by atoms with van der Waals surface area (Å²) in [6.07, 6.45) is 6.46. The lowest BCUT2D eigenvalue weighted by molar-refractivity contribution is 0.337. The van der Waals surface area contributed by atoms with Crippen LogP contribution >= 0.6 is 0 Å². The van der Waals surface area contributed by atoms with Crippen molar-refractivity contribution in [2.75, 3.05) is 37.3 Å². The van der Waals surface area contributed by atoms with Crippen molar-refractivity contribution >= 4 is 11.4 Å². The number of likely N-dealkylation sites (N-methyl/N-ethyl adjacent to an activating group) is 1. The zero-order chi connectivity index (χ0) is 12.1. The third-order valence-electron chi connectivity index (χ3n) is 3.08. The van der Waals surface area contributed by atoms with Gasteiger partial charge in [0.05, 0.1) is 23.8 Å². The highest BCUT2D eigenvalue weighted by Crippen LogP contribution is 2.24. The maximum atomic E-state index is 4.21. The average Bonchev–Trinajstić information content (AvgIpc) is 3.14. The lowest BCUT2D eigenvalue weighted by Crippen LogP contribution is -2.27. The van der Waals surface area contributed by atoms with Crippen molar-refractivity contribution in [2.24, 2.45) is 0 Å². The number of hydrogen-bond donors (Lipinski definition) is 2.